The van der Waals surface area contributed by atoms with Crippen molar-refractivity contribution in [3.8, 4) is 0 Å². The third-order valence-corrected chi connectivity index (χ3v) is 4.03. The van der Waals surface area contributed by atoms with E-state index in [0.29, 0.717) is 6.54 Å². The number of carbonyl (C=O) groups excluding carboxylic acids is 1. The predicted octanol–water partition coefficient (Wildman–Crippen LogP) is 2.31. The summed E-state index contributed by atoms with van der Waals surface area (Å²) >= 11 is 0. The molecule has 1 aromatic heterocycles. The molecule has 1 heterocycles. The fourth-order valence-electron chi connectivity index (χ4n) is 2.73. The second-order valence-corrected chi connectivity index (χ2v) is 5.55. The van der Waals surface area contributed by atoms with E-state index in [1.54, 1.807) is 6.20 Å². The van der Waals surface area contributed by atoms with E-state index in [4.69, 9.17) is 0 Å². The minimum Gasteiger partial charge on any atom is -0.345 e. The van der Waals surface area contributed by atoms with Gasteiger partial charge in [0.2, 0.25) is 5.91 Å². The molecule has 1 aromatic carbocycles. The summed E-state index contributed by atoms with van der Waals surface area (Å²) in [7, 11) is 0. The Morgan fingerprint density at radius 3 is 2.70 bits per heavy atom. The molecule has 1 N–H and O–H groups in total. The number of hydrogen-bond acceptors (Lipinski definition) is 2. The summed E-state index contributed by atoms with van der Waals surface area (Å²) in [5, 5.41) is 3.20. The van der Waals surface area contributed by atoms with Crippen molar-refractivity contribution >= 4 is 5.91 Å². The number of nitrogens with zero attached hydrogens (tertiary/aromatic N) is 2. The summed E-state index contributed by atoms with van der Waals surface area (Å²) < 4.78 is 1.86. The van der Waals surface area contributed by atoms with Gasteiger partial charge in [0.15, 0.2) is 0 Å². The fourth-order valence-corrected chi connectivity index (χ4v) is 2.73. The highest BCUT2D eigenvalue weighted by atomic mass is 16.2. The number of hydrogen-bond donors (Lipinski definition) is 1. The maximum absolute atomic E-state index is 12.2. The first-order valence-electron chi connectivity index (χ1n) is 6.96. The molecule has 0 spiro atoms. The molecule has 1 amide bonds. The van der Waals surface area contributed by atoms with Crippen LogP contribution in [0.5, 0.6) is 0 Å². The molecule has 1 fully saturated rings. The van der Waals surface area contributed by atoms with Gasteiger partial charge in [0.1, 0.15) is 12.4 Å². The van der Waals surface area contributed by atoms with Gasteiger partial charge in [-0.15, -0.1) is 0 Å². The van der Waals surface area contributed by atoms with Gasteiger partial charge in [0.05, 0.1) is 5.54 Å². The topological polar surface area (TPSA) is 46.9 Å². The van der Waals surface area contributed by atoms with Crippen LogP contribution in [0.25, 0.3) is 0 Å². The lowest BCUT2D eigenvalue weighted by molar-refractivity contribution is -0.122. The summed E-state index contributed by atoms with van der Waals surface area (Å²) in [6, 6.07) is 8.28. The van der Waals surface area contributed by atoms with Gasteiger partial charge in [-0.1, -0.05) is 24.3 Å². The minimum absolute atomic E-state index is 0.0480. The predicted molar refractivity (Wildman–Crippen MR) is 77.2 cm³/mol. The van der Waals surface area contributed by atoms with Crippen LogP contribution >= 0.6 is 0 Å². The Labute approximate surface area is 118 Å². The Hall–Kier alpha value is -2.10. The molecule has 1 saturated carbocycles. The first-order chi connectivity index (χ1) is 9.61. The molecule has 0 bridgehead atoms. The third kappa shape index (κ3) is 2.33. The molecule has 20 heavy (non-hydrogen) atoms. The zero-order valence-electron chi connectivity index (χ0n) is 11.9. The molecule has 4 heteroatoms. The molecule has 4 nitrogen and oxygen atoms in total. The van der Waals surface area contributed by atoms with Crippen LogP contribution in [-0.2, 0) is 16.9 Å². The maximum Gasteiger partial charge on any atom is 0.240 e. The second kappa shape index (κ2) is 4.78. The summed E-state index contributed by atoms with van der Waals surface area (Å²) in [6.07, 6.45) is 5.60. The van der Waals surface area contributed by atoms with Crippen LogP contribution in [0.1, 0.15) is 29.8 Å². The van der Waals surface area contributed by atoms with Gasteiger partial charge in [-0.3, -0.25) is 4.79 Å². The second-order valence-electron chi connectivity index (χ2n) is 5.55. The Morgan fingerprint density at radius 2 is 2.10 bits per heavy atom. The molecule has 2 aromatic rings. The normalized spacial score (nSPS) is 15.9. The SMILES string of the molecule is Cc1ccccc1C1(NC(=O)Cn2ccnc2C)CC1. The Bertz CT molecular complexity index is 641. The van der Waals surface area contributed by atoms with Crippen molar-refractivity contribution in [2.45, 2.75) is 38.8 Å². The lowest BCUT2D eigenvalue weighted by Crippen LogP contribution is -2.37. The third-order valence-electron chi connectivity index (χ3n) is 4.03. The number of amides is 1. The lowest BCUT2D eigenvalue weighted by Gasteiger charge is -2.20. The quantitative estimate of drug-likeness (QED) is 0.925. The molecule has 0 aliphatic heterocycles. The van der Waals surface area contributed by atoms with Crippen molar-refractivity contribution in [1.29, 1.82) is 0 Å². The largest absolute Gasteiger partial charge is 0.345 e. The maximum atomic E-state index is 12.2. The Morgan fingerprint density at radius 1 is 1.35 bits per heavy atom. The molecule has 1 aliphatic carbocycles. The summed E-state index contributed by atoms with van der Waals surface area (Å²) in [5.74, 6) is 0.910. The van der Waals surface area contributed by atoms with Gasteiger partial charge in [0, 0.05) is 12.4 Å². The first-order valence-corrected chi connectivity index (χ1v) is 6.96. The summed E-state index contributed by atoms with van der Waals surface area (Å²) in [6.45, 7) is 4.34. The number of nitrogens with one attached hydrogen (secondary N) is 1. The molecule has 0 unspecified atom stereocenters. The summed E-state index contributed by atoms with van der Waals surface area (Å²) in [5.41, 5.74) is 2.34. The highest BCUT2D eigenvalue weighted by Crippen LogP contribution is 2.46. The van der Waals surface area contributed by atoms with E-state index >= 15 is 0 Å². The molecular formula is C16H19N3O. The first kappa shape index (κ1) is 12.9. The number of carbonyl (C=O) groups is 1. The highest BCUT2D eigenvalue weighted by Gasteiger charge is 2.46. The average Bonchev–Trinajstić information content (AvgIpc) is 3.08. The van der Waals surface area contributed by atoms with Crippen molar-refractivity contribution in [3.05, 3.63) is 53.6 Å². The molecule has 0 radical (unpaired) electrons. The molecule has 0 saturated heterocycles. The van der Waals surface area contributed by atoms with Gasteiger partial charge in [-0.25, -0.2) is 4.98 Å². The van der Waals surface area contributed by atoms with E-state index in [1.165, 1.54) is 11.1 Å². The molecule has 3 rings (SSSR count). The van der Waals surface area contributed by atoms with Crippen molar-refractivity contribution < 1.29 is 4.79 Å². The van der Waals surface area contributed by atoms with Gasteiger partial charge < -0.3 is 9.88 Å². The highest BCUT2D eigenvalue weighted by molar-refractivity contribution is 5.77. The lowest BCUT2D eigenvalue weighted by atomic mass is 9.99. The van der Waals surface area contributed by atoms with E-state index in [0.717, 1.165) is 18.7 Å². The van der Waals surface area contributed by atoms with Crippen LogP contribution in [-0.4, -0.2) is 15.5 Å². The zero-order valence-corrected chi connectivity index (χ0v) is 11.9. The van der Waals surface area contributed by atoms with Crippen LogP contribution in [0.2, 0.25) is 0 Å². The number of aryl methyl sites for hydroxylation is 2. The summed E-state index contributed by atoms with van der Waals surface area (Å²) in [4.78, 5) is 16.4. The van der Waals surface area contributed by atoms with Crippen LogP contribution in [0.4, 0.5) is 0 Å². The van der Waals surface area contributed by atoms with Crippen LogP contribution in [0.3, 0.4) is 0 Å². The Kier molecular flexibility index (Phi) is 3.08. The van der Waals surface area contributed by atoms with Gasteiger partial charge in [-0.05, 0) is 37.8 Å². The van der Waals surface area contributed by atoms with E-state index < -0.39 is 0 Å². The monoisotopic (exact) mass is 269 g/mol. The van der Waals surface area contributed by atoms with Crippen LogP contribution in [0.15, 0.2) is 36.7 Å². The smallest absolute Gasteiger partial charge is 0.240 e. The van der Waals surface area contributed by atoms with Gasteiger partial charge in [0.25, 0.3) is 0 Å². The average molecular weight is 269 g/mol. The molecule has 104 valence electrons. The number of benzene rings is 1. The minimum atomic E-state index is -0.142. The van der Waals surface area contributed by atoms with Gasteiger partial charge in [-0.2, -0.15) is 0 Å². The Balaban J connectivity index is 1.73. The standard InChI is InChI=1S/C16H19N3O/c1-12-5-3-4-6-14(12)16(7-8-16)18-15(20)11-19-10-9-17-13(19)2/h3-6,9-10H,7-8,11H2,1-2H3,(H,18,20). The fraction of sp³-hybridized carbons (Fsp3) is 0.375. The zero-order chi connectivity index (χ0) is 14.2. The van der Waals surface area contributed by atoms with Crippen LogP contribution < -0.4 is 5.32 Å². The number of imidazole rings is 1. The number of aromatic nitrogens is 2. The van der Waals surface area contributed by atoms with E-state index in [1.807, 2.05) is 29.8 Å². The van der Waals surface area contributed by atoms with Crippen molar-refractivity contribution in [3.63, 3.8) is 0 Å². The van der Waals surface area contributed by atoms with Gasteiger partial charge >= 0.3 is 0 Å². The molecular weight excluding hydrogens is 250 g/mol. The molecule has 0 atom stereocenters. The van der Waals surface area contributed by atoms with Crippen LogP contribution in [0, 0.1) is 13.8 Å². The van der Waals surface area contributed by atoms with E-state index in [2.05, 4.69) is 29.4 Å². The number of rotatable bonds is 4. The van der Waals surface area contributed by atoms with E-state index in [-0.39, 0.29) is 11.4 Å². The van der Waals surface area contributed by atoms with Crippen molar-refractivity contribution in [1.82, 2.24) is 14.9 Å². The molecule has 1 aliphatic rings. The van der Waals surface area contributed by atoms with E-state index in [9.17, 15) is 4.79 Å². The van der Waals surface area contributed by atoms with Crippen molar-refractivity contribution in [2.24, 2.45) is 0 Å². The van der Waals surface area contributed by atoms with Crippen molar-refractivity contribution in [2.75, 3.05) is 0 Å².